The lowest BCUT2D eigenvalue weighted by Gasteiger charge is -2.23. The highest BCUT2D eigenvalue weighted by Crippen LogP contribution is 2.30. The molecule has 1 aromatic carbocycles. The Morgan fingerprint density at radius 1 is 1.45 bits per heavy atom. The smallest absolute Gasteiger partial charge is 0.252 e. The predicted molar refractivity (Wildman–Crippen MR) is 87.3 cm³/mol. The average molecular weight is 305 g/mol. The summed E-state index contributed by atoms with van der Waals surface area (Å²) in [5.41, 5.74) is 2.75. The first-order valence-electron chi connectivity index (χ1n) is 7.97. The minimum Gasteiger partial charge on any atom is -0.496 e. The summed E-state index contributed by atoms with van der Waals surface area (Å²) in [7, 11) is 1.69. The van der Waals surface area contributed by atoms with Crippen LogP contribution in [0.2, 0.25) is 0 Å². The molecular weight excluding hydrogens is 278 g/mol. The van der Waals surface area contributed by atoms with Crippen LogP contribution in [0.3, 0.4) is 0 Å². The van der Waals surface area contributed by atoms with Crippen LogP contribution in [0.4, 0.5) is 0 Å². The molecule has 4 heteroatoms. The van der Waals surface area contributed by atoms with Gasteiger partial charge in [0.2, 0.25) is 0 Å². The number of carbonyl (C=O) groups is 1. The third-order valence-electron chi connectivity index (χ3n) is 4.45. The van der Waals surface area contributed by atoms with Crippen LogP contribution in [0.1, 0.15) is 56.2 Å². The Hall–Kier alpha value is -1.55. The van der Waals surface area contributed by atoms with Crippen LogP contribution >= 0.6 is 0 Å². The van der Waals surface area contributed by atoms with E-state index in [4.69, 9.17) is 9.47 Å². The van der Waals surface area contributed by atoms with Gasteiger partial charge >= 0.3 is 0 Å². The van der Waals surface area contributed by atoms with Gasteiger partial charge in [-0.3, -0.25) is 4.79 Å². The summed E-state index contributed by atoms with van der Waals surface area (Å²) in [5, 5.41) is 3.02. The van der Waals surface area contributed by atoms with E-state index in [2.05, 4.69) is 25.2 Å². The minimum atomic E-state index is -0.665. The Kier molecular flexibility index (Phi) is 5.12. The van der Waals surface area contributed by atoms with Crippen molar-refractivity contribution in [2.75, 3.05) is 13.7 Å². The summed E-state index contributed by atoms with van der Waals surface area (Å²) in [4.78, 5) is 12.3. The molecule has 1 aliphatic heterocycles. The van der Waals surface area contributed by atoms with Crippen LogP contribution in [0.25, 0.3) is 0 Å². The summed E-state index contributed by atoms with van der Waals surface area (Å²) >= 11 is 0. The van der Waals surface area contributed by atoms with Crippen LogP contribution in [-0.4, -0.2) is 25.2 Å². The van der Waals surface area contributed by atoms with E-state index in [0.29, 0.717) is 19.1 Å². The summed E-state index contributed by atoms with van der Waals surface area (Å²) in [6, 6.07) is 4.18. The summed E-state index contributed by atoms with van der Waals surface area (Å²) in [6.07, 6.45) is 1.74. The van der Waals surface area contributed by atoms with Crippen molar-refractivity contribution in [1.82, 2.24) is 5.32 Å². The standard InChI is InChI=1S/C18H27NO3/c1-12(2)15-10-14(13(3)9-16(15)21-5)11-19-17(20)18(4)7-6-8-22-18/h9-10,12H,6-8,11H2,1-5H3,(H,19,20). The van der Waals surface area contributed by atoms with Crippen LogP contribution in [0, 0.1) is 6.92 Å². The second-order valence-corrected chi connectivity index (χ2v) is 6.54. The maximum Gasteiger partial charge on any atom is 0.252 e. The highest BCUT2D eigenvalue weighted by Gasteiger charge is 2.37. The van der Waals surface area contributed by atoms with Gasteiger partial charge in [0.1, 0.15) is 11.4 Å². The van der Waals surface area contributed by atoms with Crippen molar-refractivity contribution >= 4 is 5.91 Å². The Labute approximate surface area is 133 Å². The molecule has 0 spiro atoms. The maximum absolute atomic E-state index is 12.3. The van der Waals surface area contributed by atoms with Crippen molar-refractivity contribution in [1.29, 1.82) is 0 Å². The number of nitrogens with one attached hydrogen (secondary N) is 1. The number of aryl methyl sites for hydroxylation is 1. The average Bonchev–Trinajstić information content (AvgIpc) is 2.93. The number of methoxy groups -OCH3 is 1. The number of rotatable bonds is 5. The van der Waals surface area contributed by atoms with Crippen LogP contribution in [-0.2, 0) is 16.1 Å². The number of ether oxygens (including phenoxy) is 2. The lowest BCUT2D eigenvalue weighted by molar-refractivity contribution is -0.139. The van der Waals surface area contributed by atoms with Gasteiger partial charge in [-0.15, -0.1) is 0 Å². The van der Waals surface area contributed by atoms with E-state index >= 15 is 0 Å². The number of hydrogen-bond donors (Lipinski definition) is 1. The van der Waals surface area contributed by atoms with Crippen molar-refractivity contribution in [3.8, 4) is 5.75 Å². The minimum absolute atomic E-state index is 0.0219. The molecule has 1 amide bonds. The zero-order valence-electron chi connectivity index (χ0n) is 14.3. The molecule has 1 fully saturated rings. The second-order valence-electron chi connectivity index (χ2n) is 6.54. The zero-order valence-corrected chi connectivity index (χ0v) is 14.3. The van der Waals surface area contributed by atoms with Gasteiger partial charge in [0.15, 0.2) is 0 Å². The monoisotopic (exact) mass is 305 g/mol. The second kappa shape index (κ2) is 6.69. The highest BCUT2D eigenvalue weighted by molar-refractivity contribution is 5.85. The van der Waals surface area contributed by atoms with Crippen LogP contribution < -0.4 is 10.1 Å². The normalized spacial score (nSPS) is 21.2. The topological polar surface area (TPSA) is 47.6 Å². The van der Waals surface area contributed by atoms with Crippen molar-refractivity contribution in [2.45, 2.75) is 58.6 Å². The molecule has 0 saturated carbocycles. The molecule has 0 bridgehead atoms. The Morgan fingerprint density at radius 2 is 2.18 bits per heavy atom. The molecule has 1 N–H and O–H groups in total. The maximum atomic E-state index is 12.3. The molecule has 0 aromatic heterocycles. The molecular formula is C18H27NO3. The number of benzene rings is 1. The van der Waals surface area contributed by atoms with Gasteiger partial charge in [-0.25, -0.2) is 0 Å². The predicted octanol–water partition coefficient (Wildman–Crippen LogP) is 3.31. The Morgan fingerprint density at radius 3 is 2.73 bits per heavy atom. The lowest BCUT2D eigenvalue weighted by atomic mass is 9.96. The van der Waals surface area contributed by atoms with Crippen LogP contribution in [0.15, 0.2) is 12.1 Å². The van der Waals surface area contributed by atoms with E-state index in [0.717, 1.165) is 29.7 Å². The first-order chi connectivity index (χ1) is 10.4. The number of hydrogen-bond acceptors (Lipinski definition) is 3. The number of carbonyl (C=O) groups excluding carboxylic acids is 1. The molecule has 0 aliphatic carbocycles. The van der Waals surface area contributed by atoms with Crippen molar-refractivity contribution < 1.29 is 14.3 Å². The molecule has 22 heavy (non-hydrogen) atoms. The fourth-order valence-corrected chi connectivity index (χ4v) is 2.88. The van der Waals surface area contributed by atoms with Crippen molar-refractivity contribution in [3.05, 3.63) is 28.8 Å². The quantitative estimate of drug-likeness (QED) is 0.908. The van der Waals surface area contributed by atoms with E-state index < -0.39 is 5.60 Å². The van der Waals surface area contributed by atoms with E-state index in [-0.39, 0.29) is 5.91 Å². The molecule has 1 aliphatic rings. The number of amides is 1. The molecule has 1 heterocycles. The third kappa shape index (κ3) is 3.43. The van der Waals surface area contributed by atoms with Gasteiger partial charge in [-0.2, -0.15) is 0 Å². The fourth-order valence-electron chi connectivity index (χ4n) is 2.88. The molecule has 2 rings (SSSR count). The van der Waals surface area contributed by atoms with Gasteiger partial charge in [0.25, 0.3) is 5.91 Å². The van der Waals surface area contributed by atoms with E-state index in [1.807, 2.05) is 19.9 Å². The van der Waals surface area contributed by atoms with Crippen molar-refractivity contribution in [3.63, 3.8) is 0 Å². The molecule has 1 atom stereocenters. The Bertz CT molecular complexity index is 546. The Balaban J connectivity index is 2.12. The molecule has 1 aromatic rings. The summed E-state index contributed by atoms with van der Waals surface area (Å²) in [6.45, 7) is 9.39. The molecule has 4 nitrogen and oxygen atoms in total. The molecule has 122 valence electrons. The zero-order chi connectivity index (χ0) is 16.3. The molecule has 1 unspecified atom stereocenters. The fraction of sp³-hybridized carbons (Fsp3) is 0.611. The summed E-state index contributed by atoms with van der Waals surface area (Å²) in [5.74, 6) is 1.26. The van der Waals surface area contributed by atoms with Gasteiger partial charge in [0.05, 0.1) is 7.11 Å². The molecule has 0 radical (unpaired) electrons. The third-order valence-corrected chi connectivity index (χ3v) is 4.45. The lowest BCUT2D eigenvalue weighted by Crippen LogP contribution is -2.43. The van der Waals surface area contributed by atoms with Crippen molar-refractivity contribution in [2.24, 2.45) is 0 Å². The molecule has 1 saturated heterocycles. The van der Waals surface area contributed by atoms with Gasteiger partial charge in [0, 0.05) is 13.2 Å². The first kappa shape index (κ1) is 16.8. The highest BCUT2D eigenvalue weighted by atomic mass is 16.5. The summed E-state index contributed by atoms with van der Waals surface area (Å²) < 4.78 is 11.0. The van der Waals surface area contributed by atoms with E-state index in [1.54, 1.807) is 7.11 Å². The largest absolute Gasteiger partial charge is 0.496 e. The van der Waals surface area contributed by atoms with Crippen LogP contribution in [0.5, 0.6) is 5.75 Å². The van der Waals surface area contributed by atoms with Gasteiger partial charge in [-0.1, -0.05) is 13.8 Å². The SMILES string of the molecule is COc1cc(C)c(CNC(=O)C2(C)CCCO2)cc1C(C)C. The van der Waals surface area contributed by atoms with E-state index in [1.165, 1.54) is 5.56 Å². The van der Waals surface area contributed by atoms with E-state index in [9.17, 15) is 4.79 Å². The van der Waals surface area contributed by atoms with Gasteiger partial charge in [-0.05, 0) is 61.4 Å². The van der Waals surface area contributed by atoms with Gasteiger partial charge < -0.3 is 14.8 Å². The first-order valence-corrected chi connectivity index (χ1v) is 7.97.